The van der Waals surface area contributed by atoms with Crippen LogP contribution in [0.4, 0.5) is 5.69 Å². The zero-order valence-electron chi connectivity index (χ0n) is 8.65. The third-order valence-electron chi connectivity index (χ3n) is 2.15. The monoisotopic (exact) mass is 297 g/mol. The Balaban J connectivity index is 1.87. The number of thiophene rings is 1. The quantitative estimate of drug-likeness (QED) is 0.871. The molecule has 1 aromatic heterocycles. The van der Waals surface area contributed by atoms with Crippen molar-refractivity contribution in [1.29, 1.82) is 0 Å². The van der Waals surface area contributed by atoms with Gasteiger partial charge in [-0.15, -0.1) is 11.3 Å². The molecule has 0 atom stereocenters. The van der Waals surface area contributed by atoms with Crippen LogP contribution >= 0.6 is 27.3 Å². The highest BCUT2D eigenvalue weighted by molar-refractivity contribution is 9.10. The molecule has 1 heterocycles. The lowest BCUT2D eigenvalue weighted by molar-refractivity contribution is 0.109. The summed E-state index contributed by atoms with van der Waals surface area (Å²) in [6.45, 7) is 1.25. The molecule has 2 rings (SSSR count). The van der Waals surface area contributed by atoms with Crippen molar-refractivity contribution in [2.75, 3.05) is 5.73 Å². The van der Waals surface area contributed by atoms with E-state index in [1.165, 1.54) is 4.88 Å². The van der Waals surface area contributed by atoms with Crippen LogP contribution in [-0.2, 0) is 18.0 Å². The number of hydrogen-bond acceptors (Lipinski definition) is 3. The Kier molecular flexibility index (Phi) is 3.98. The Morgan fingerprint density at radius 2 is 2.12 bits per heavy atom. The molecule has 0 aliphatic rings. The molecule has 1 aromatic carbocycles. The topological polar surface area (TPSA) is 35.2 Å². The average molecular weight is 298 g/mol. The van der Waals surface area contributed by atoms with E-state index in [-0.39, 0.29) is 0 Å². The zero-order valence-corrected chi connectivity index (χ0v) is 11.1. The van der Waals surface area contributed by atoms with Crippen LogP contribution in [0.1, 0.15) is 10.4 Å². The number of hydrogen-bond donors (Lipinski definition) is 1. The normalized spacial score (nSPS) is 10.6. The molecular weight excluding hydrogens is 286 g/mol. The summed E-state index contributed by atoms with van der Waals surface area (Å²) in [4.78, 5) is 1.24. The van der Waals surface area contributed by atoms with E-state index >= 15 is 0 Å². The van der Waals surface area contributed by atoms with Crippen LogP contribution in [0.2, 0.25) is 0 Å². The van der Waals surface area contributed by atoms with Crippen molar-refractivity contribution in [1.82, 2.24) is 0 Å². The molecule has 4 heteroatoms. The van der Waals surface area contributed by atoms with Gasteiger partial charge in [0.1, 0.15) is 0 Å². The zero-order chi connectivity index (χ0) is 11.4. The lowest BCUT2D eigenvalue weighted by Crippen LogP contribution is -1.94. The first-order chi connectivity index (χ1) is 7.75. The lowest BCUT2D eigenvalue weighted by atomic mass is 10.2. The minimum absolute atomic E-state index is 0.593. The fourth-order valence-corrected chi connectivity index (χ4v) is 2.23. The maximum atomic E-state index is 5.79. The predicted molar refractivity (Wildman–Crippen MR) is 71.4 cm³/mol. The summed E-state index contributed by atoms with van der Waals surface area (Å²) < 4.78 is 6.52. The molecule has 0 bridgehead atoms. The average Bonchev–Trinajstić information content (AvgIpc) is 2.76. The second-order valence-corrected chi connectivity index (χ2v) is 5.31. The molecule has 2 N–H and O–H groups in total. The van der Waals surface area contributed by atoms with Crippen molar-refractivity contribution >= 4 is 33.0 Å². The predicted octanol–water partition coefficient (Wildman–Crippen LogP) is 3.81. The van der Waals surface area contributed by atoms with Gasteiger partial charge in [0.25, 0.3) is 0 Å². The van der Waals surface area contributed by atoms with Crippen LogP contribution in [-0.4, -0.2) is 0 Å². The van der Waals surface area contributed by atoms with E-state index in [1.807, 2.05) is 24.3 Å². The highest BCUT2D eigenvalue weighted by Crippen LogP contribution is 2.21. The second-order valence-electron chi connectivity index (χ2n) is 3.43. The maximum absolute atomic E-state index is 5.79. The molecule has 0 spiro atoms. The van der Waals surface area contributed by atoms with Crippen molar-refractivity contribution in [3.8, 4) is 0 Å². The van der Waals surface area contributed by atoms with E-state index in [4.69, 9.17) is 10.5 Å². The van der Waals surface area contributed by atoms with Crippen molar-refractivity contribution < 1.29 is 4.74 Å². The minimum Gasteiger partial charge on any atom is -0.398 e. The van der Waals surface area contributed by atoms with Crippen molar-refractivity contribution in [3.63, 3.8) is 0 Å². The van der Waals surface area contributed by atoms with Gasteiger partial charge in [0, 0.05) is 15.0 Å². The van der Waals surface area contributed by atoms with Crippen LogP contribution in [0.3, 0.4) is 0 Å². The number of anilines is 1. The highest BCUT2D eigenvalue weighted by Gasteiger charge is 1.99. The van der Waals surface area contributed by atoms with E-state index < -0.39 is 0 Å². The molecule has 2 nitrogen and oxygen atoms in total. The number of rotatable bonds is 4. The third kappa shape index (κ3) is 3.07. The first-order valence-electron chi connectivity index (χ1n) is 4.90. The Morgan fingerprint density at radius 1 is 1.25 bits per heavy atom. The van der Waals surface area contributed by atoms with Crippen LogP contribution in [0.25, 0.3) is 0 Å². The highest BCUT2D eigenvalue weighted by atomic mass is 79.9. The van der Waals surface area contributed by atoms with Gasteiger partial charge in [-0.25, -0.2) is 0 Å². The Bertz CT molecular complexity index is 456. The molecule has 0 fully saturated rings. The summed E-state index contributed by atoms with van der Waals surface area (Å²) in [6, 6.07) is 9.98. The molecule has 0 saturated carbocycles. The maximum Gasteiger partial charge on any atom is 0.0813 e. The van der Waals surface area contributed by atoms with Crippen LogP contribution in [0.5, 0.6) is 0 Å². The molecule has 0 amide bonds. The summed E-state index contributed by atoms with van der Waals surface area (Å²) in [5, 5.41) is 2.05. The van der Waals surface area contributed by atoms with Gasteiger partial charge >= 0.3 is 0 Å². The van der Waals surface area contributed by atoms with E-state index in [0.29, 0.717) is 13.2 Å². The SMILES string of the molecule is Nc1cc(COCc2cccs2)ccc1Br. The van der Waals surface area contributed by atoms with Gasteiger partial charge in [0.05, 0.1) is 13.2 Å². The molecule has 0 aliphatic carbocycles. The summed E-state index contributed by atoms with van der Waals surface area (Å²) in [7, 11) is 0. The van der Waals surface area contributed by atoms with Crippen LogP contribution in [0.15, 0.2) is 40.2 Å². The number of halogens is 1. The third-order valence-corrected chi connectivity index (χ3v) is 3.73. The molecule has 0 aliphatic heterocycles. The Labute approximate surface area is 107 Å². The van der Waals surface area contributed by atoms with Crippen molar-refractivity contribution in [2.24, 2.45) is 0 Å². The van der Waals surface area contributed by atoms with E-state index in [0.717, 1.165) is 15.7 Å². The Morgan fingerprint density at radius 3 is 2.81 bits per heavy atom. The van der Waals surface area contributed by atoms with Gasteiger partial charge < -0.3 is 10.5 Å². The second kappa shape index (κ2) is 5.48. The van der Waals surface area contributed by atoms with Crippen LogP contribution < -0.4 is 5.73 Å². The molecule has 0 saturated heterocycles. The largest absolute Gasteiger partial charge is 0.398 e. The first-order valence-corrected chi connectivity index (χ1v) is 6.57. The number of ether oxygens (including phenoxy) is 1. The van der Waals surface area contributed by atoms with E-state index in [1.54, 1.807) is 11.3 Å². The molecule has 0 radical (unpaired) electrons. The fraction of sp³-hybridized carbons (Fsp3) is 0.167. The number of nitrogen functional groups attached to an aromatic ring is 1. The number of nitrogens with two attached hydrogens (primary N) is 1. The molecule has 0 unspecified atom stereocenters. The van der Waals surface area contributed by atoms with Gasteiger partial charge in [-0.05, 0) is 45.1 Å². The summed E-state index contributed by atoms with van der Waals surface area (Å²) >= 11 is 5.07. The summed E-state index contributed by atoms with van der Waals surface area (Å²) in [5.41, 5.74) is 7.63. The van der Waals surface area contributed by atoms with Gasteiger partial charge in [0.15, 0.2) is 0 Å². The summed E-state index contributed by atoms with van der Waals surface area (Å²) in [6.07, 6.45) is 0. The fourth-order valence-electron chi connectivity index (χ4n) is 1.35. The lowest BCUT2D eigenvalue weighted by Gasteiger charge is -2.05. The molecule has 2 aromatic rings. The van der Waals surface area contributed by atoms with Gasteiger partial charge in [-0.3, -0.25) is 0 Å². The van der Waals surface area contributed by atoms with E-state index in [9.17, 15) is 0 Å². The van der Waals surface area contributed by atoms with Crippen LogP contribution in [0, 0.1) is 0 Å². The minimum atomic E-state index is 0.593. The molecule has 84 valence electrons. The van der Waals surface area contributed by atoms with Gasteiger partial charge in [0.2, 0.25) is 0 Å². The Hall–Kier alpha value is -0.840. The number of benzene rings is 1. The standard InChI is InChI=1S/C12H12BrNOS/c13-11-4-3-9(6-12(11)14)7-15-8-10-2-1-5-16-10/h1-6H,7-8,14H2. The van der Waals surface area contributed by atoms with Crippen molar-refractivity contribution in [3.05, 3.63) is 50.6 Å². The van der Waals surface area contributed by atoms with Gasteiger partial charge in [-0.1, -0.05) is 12.1 Å². The van der Waals surface area contributed by atoms with E-state index in [2.05, 4.69) is 27.4 Å². The summed E-state index contributed by atoms with van der Waals surface area (Å²) in [5.74, 6) is 0. The molecular formula is C12H12BrNOS. The first kappa shape index (κ1) is 11.6. The molecule has 16 heavy (non-hydrogen) atoms. The van der Waals surface area contributed by atoms with Gasteiger partial charge in [-0.2, -0.15) is 0 Å². The van der Waals surface area contributed by atoms with Crippen molar-refractivity contribution in [2.45, 2.75) is 13.2 Å². The smallest absolute Gasteiger partial charge is 0.0813 e.